The smallest absolute Gasteiger partial charge is 0.207 e. The zero-order chi connectivity index (χ0) is 13.8. The standard InChI is InChI=1S/C11H12F3NO2S/c1-8-3-5-9(6-4-8)18(16,17)15-7-10(15,2)11(12,13)14/h3-6H,7H2,1-2H3. The molecule has 0 N–H and O–H groups in total. The Hall–Kier alpha value is -1.08. The molecule has 0 aromatic heterocycles. The Bertz CT molecular complexity index is 565. The lowest BCUT2D eigenvalue weighted by Gasteiger charge is -2.16. The number of rotatable bonds is 2. The minimum Gasteiger partial charge on any atom is -0.207 e. The van der Waals surface area contributed by atoms with E-state index in [1.165, 1.54) is 12.1 Å². The van der Waals surface area contributed by atoms with Crippen molar-refractivity contribution in [3.63, 3.8) is 0 Å². The summed E-state index contributed by atoms with van der Waals surface area (Å²) in [6.07, 6.45) is -4.55. The third-order valence-corrected chi connectivity index (χ3v) is 5.10. The van der Waals surface area contributed by atoms with Gasteiger partial charge in [-0.05, 0) is 26.0 Å². The topological polar surface area (TPSA) is 37.1 Å². The van der Waals surface area contributed by atoms with Crippen LogP contribution in [-0.2, 0) is 10.0 Å². The van der Waals surface area contributed by atoms with Crippen molar-refractivity contribution in [3.05, 3.63) is 29.8 Å². The number of halogens is 3. The zero-order valence-electron chi connectivity index (χ0n) is 9.82. The number of hydrogen-bond acceptors (Lipinski definition) is 2. The summed E-state index contributed by atoms with van der Waals surface area (Å²) in [5.74, 6) is 0. The van der Waals surface area contributed by atoms with Gasteiger partial charge in [0, 0.05) is 6.54 Å². The second-order valence-corrected chi connectivity index (χ2v) is 6.46. The number of benzene rings is 1. The molecule has 0 aliphatic carbocycles. The van der Waals surface area contributed by atoms with E-state index in [9.17, 15) is 21.6 Å². The first-order valence-electron chi connectivity index (χ1n) is 5.25. The van der Waals surface area contributed by atoms with Crippen LogP contribution in [0.5, 0.6) is 0 Å². The van der Waals surface area contributed by atoms with Gasteiger partial charge in [-0.15, -0.1) is 0 Å². The third kappa shape index (κ3) is 1.91. The molecule has 0 saturated carbocycles. The molecule has 2 atom stereocenters. The van der Waals surface area contributed by atoms with Crippen LogP contribution in [0, 0.1) is 6.92 Å². The summed E-state index contributed by atoms with van der Waals surface area (Å²) in [4.78, 5) is -0.110. The van der Waals surface area contributed by atoms with Crippen molar-refractivity contribution in [1.82, 2.24) is 4.31 Å². The molecule has 1 aliphatic rings. The van der Waals surface area contributed by atoms with Crippen molar-refractivity contribution in [2.24, 2.45) is 0 Å². The number of nitrogens with zero attached hydrogens (tertiary/aromatic N) is 1. The van der Waals surface area contributed by atoms with Gasteiger partial charge in [0.2, 0.25) is 10.0 Å². The van der Waals surface area contributed by atoms with Gasteiger partial charge in [-0.3, -0.25) is 0 Å². The molecule has 100 valence electrons. The van der Waals surface area contributed by atoms with Crippen molar-refractivity contribution in [2.45, 2.75) is 30.5 Å². The second kappa shape index (κ2) is 3.71. The molecule has 18 heavy (non-hydrogen) atoms. The molecular formula is C11H12F3NO2S. The third-order valence-electron chi connectivity index (χ3n) is 3.12. The number of hydrogen-bond donors (Lipinski definition) is 0. The highest BCUT2D eigenvalue weighted by Crippen LogP contribution is 2.49. The predicted octanol–water partition coefficient (Wildman–Crippen LogP) is 2.32. The monoisotopic (exact) mass is 279 g/mol. The Morgan fingerprint density at radius 1 is 1.22 bits per heavy atom. The molecule has 1 saturated heterocycles. The highest BCUT2D eigenvalue weighted by Gasteiger charge is 2.70. The van der Waals surface area contributed by atoms with Gasteiger partial charge in [0.15, 0.2) is 0 Å². The lowest BCUT2D eigenvalue weighted by Crippen LogP contribution is -2.35. The first-order valence-corrected chi connectivity index (χ1v) is 6.69. The van der Waals surface area contributed by atoms with Crippen molar-refractivity contribution in [3.8, 4) is 0 Å². The Balaban J connectivity index is 2.33. The second-order valence-electron chi connectivity index (χ2n) is 4.60. The maximum Gasteiger partial charge on any atom is 0.408 e. The quantitative estimate of drug-likeness (QED) is 0.779. The molecule has 1 aromatic carbocycles. The summed E-state index contributed by atoms with van der Waals surface area (Å²) in [6.45, 7) is 2.14. The molecule has 1 aliphatic heterocycles. The fraction of sp³-hybridized carbons (Fsp3) is 0.455. The largest absolute Gasteiger partial charge is 0.408 e. The molecule has 0 bridgehead atoms. The molecule has 0 spiro atoms. The van der Waals surface area contributed by atoms with Gasteiger partial charge in [-0.2, -0.15) is 17.5 Å². The molecular weight excluding hydrogens is 267 g/mol. The highest BCUT2D eigenvalue weighted by molar-refractivity contribution is 7.89. The number of aryl methyl sites for hydroxylation is 1. The Morgan fingerprint density at radius 2 is 1.72 bits per heavy atom. The van der Waals surface area contributed by atoms with E-state index in [4.69, 9.17) is 0 Å². The first-order chi connectivity index (χ1) is 8.09. The van der Waals surface area contributed by atoms with Crippen molar-refractivity contribution >= 4 is 10.0 Å². The van der Waals surface area contributed by atoms with E-state index in [0.717, 1.165) is 12.5 Å². The summed E-state index contributed by atoms with van der Waals surface area (Å²) in [7, 11) is -4.06. The van der Waals surface area contributed by atoms with Crippen LogP contribution in [-0.4, -0.2) is 31.0 Å². The summed E-state index contributed by atoms with van der Waals surface area (Å²) < 4.78 is 62.5. The summed E-state index contributed by atoms with van der Waals surface area (Å²) >= 11 is 0. The average Bonchev–Trinajstić information content (AvgIpc) is 2.93. The molecule has 1 fully saturated rings. The van der Waals surface area contributed by atoms with Crippen LogP contribution in [0.4, 0.5) is 13.2 Å². The molecule has 2 unspecified atom stereocenters. The van der Waals surface area contributed by atoms with E-state index in [1.807, 2.05) is 0 Å². The van der Waals surface area contributed by atoms with E-state index >= 15 is 0 Å². The minimum atomic E-state index is -4.55. The van der Waals surface area contributed by atoms with Gasteiger partial charge in [0.25, 0.3) is 0 Å². The predicted molar refractivity (Wildman–Crippen MR) is 59.5 cm³/mol. The summed E-state index contributed by atoms with van der Waals surface area (Å²) in [5, 5.41) is 0. The SMILES string of the molecule is Cc1ccc(S(=O)(=O)N2CC2(C)C(F)(F)F)cc1. The molecule has 7 heteroatoms. The normalized spacial score (nSPS) is 28.2. The average molecular weight is 279 g/mol. The fourth-order valence-electron chi connectivity index (χ4n) is 1.66. The maximum atomic E-state index is 12.7. The lowest BCUT2D eigenvalue weighted by molar-refractivity contribution is -0.160. The lowest BCUT2D eigenvalue weighted by atomic mass is 10.2. The summed E-state index contributed by atoms with van der Waals surface area (Å²) in [5.41, 5.74) is -1.42. The Labute approximate surface area is 103 Å². The molecule has 0 radical (unpaired) electrons. The fourth-order valence-corrected chi connectivity index (χ4v) is 3.45. The van der Waals surface area contributed by atoms with Crippen LogP contribution in [0.15, 0.2) is 29.2 Å². The number of alkyl halides is 3. The summed E-state index contributed by atoms with van der Waals surface area (Å²) in [6, 6.07) is 5.75. The van der Waals surface area contributed by atoms with Crippen molar-refractivity contribution < 1.29 is 21.6 Å². The van der Waals surface area contributed by atoms with E-state index in [2.05, 4.69) is 0 Å². The number of sulfonamides is 1. The van der Waals surface area contributed by atoms with Gasteiger partial charge < -0.3 is 0 Å². The van der Waals surface area contributed by atoms with E-state index in [1.54, 1.807) is 19.1 Å². The van der Waals surface area contributed by atoms with Crippen LogP contribution >= 0.6 is 0 Å². The van der Waals surface area contributed by atoms with Crippen LogP contribution in [0.25, 0.3) is 0 Å². The van der Waals surface area contributed by atoms with Gasteiger partial charge in [-0.1, -0.05) is 17.7 Å². The van der Waals surface area contributed by atoms with Crippen LogP contribution in [0.2, 0.25) is 0 Å². The Morgan fingerprint density at radius 3 is 2.11 bits per heavy atom. The first kappa shape index (κ1) is 13.4. The highest BCUT2D eigenvalue weighted by atomic mass is 32.2. The zero-order valence-corrected chi connectivity index (χ0v) is 10.6. The van der Waals surface area contributed by atoms with Gasteiger partial charge in [0.05, 0.1) is 4.90 Å². The van der Waals surface area contributed by atoms with Crippen LogP contribution < -0.4 is 0 Å². The van der Waals surface area contributed by atoms with Crippen LogP contribution in [0.3, 0.4) is 0 Å². The molecule has 1 heterocycles. The Kier molecular flexibility index (Phi) is 2.75. The van der Waals surface area contributed by atoms with Gasteiger partial charge >= 0.3 is 6.18 Å². The van der Waals surface area contributed by atoms with Gasteiger partial charge in [-0.25, -0.2) is 8.42 Å². The van der Waals surface area contributed by atoms with Gasteiger partial charge in [0.1, 0.15) is 5.54 Å². The van der Waals surface area contributed by atoms with E-state index in [-0.39, 0.29) is 4.90 Å². The van der Waals surface area contributed by atoms with Crippen molar-refractivity contribution in [1.29, 1.82) is 0 Å². The molecule has 3 nitrogen and oxygen atoms in total. The molecule has 2 rings (SSSR count). The van der Waals surface area contributed by atoms with Crippen molar-refractivity contribution in [2.75, 3.05) is 6.54 Å². The maximum absolute atomic E-state index is 12.7. The van der Waals surface area contributed by atoms with E-state index < -0.39 is 28.3 Å². The minimum absolute atomic E-state index is 0.110. The molecule has 0 amide bonds. The van der Waals surface area contributed by atoms with Crippen LogP contribution in [0.1, 0.15) is 12.5 Å². The van der Waals surface area contributed by atoms with E-state index in [0.29, 0.717) is 4.31 Å². The molecule has 1 aromatic rings.